The van der Waals surface area contributed by atoms with Gasteiger partial charge in [-0.05, 0) is 68.9 Å². The zero-order valence-corrected chi connectivity index (χ0v) is 16.8. The van der Waals surface area contributed by atoms with Crippen molar-refractivity contribution in [2.75, 3.05) is 5.32 Å². The highest BCUT2D eigenvalue weighted by Crippen LogP contribution is 2.20. The second-order valence-corrected chi connectivity index (χ2v) is 6.92. The average Bonchev–Trinajstić information content (AvgIpc) is 2.96. The molecule has 1 heterocycles. The van der Waals surface area contributed by atoms with E-state index in [-0.39, 0.29) is 11.0 Å². The van der Waals surface area contributed by atoms with Crippen molar-refractivity contribution in [2.24, 2.45) is 0 Å². The molecule has 0 fully saturated rings. The lowest BCUT2D eigenvalue weighted by atomic mass is 10.2. The fourth-order valence-corrected chi connectivity index (χ4v) is 3.16. The van der Waals surface area contributed by atoms with Crippen LogP contribution in [0.25, 0.3) is 11.0 Å². The highest BCUT2D eigenvalue weighted by atomic mass is 35.5. The van der Waals surface area contributed by atoms with Gasteiger partial charge in [0.15, 0.2) is 5.11 Å². The van der Waals surface area contributed by atoms with Crippen LogP contribution in [0.5, 0.6) is 0 Å². The van der Waals surface area contributed by atoms with Gasteiger partial charge in [0.1, 0.15) is 5.82 Å². The van der Waals surface area contributed by atoms with Crippen LogP contribution >= 0.6 is 23.8 Å². The van der Waals surface area contributed by atoms with Gasteiger partial charge in [-0.15, -0.1) is 0 Å². The number of hydrogen-bond acceptors (Lipinski definition) is 3. The summed E-state index contributed by atoms with van der Waals surface area (Å²) in [5.74, 6) is 0.622. The number of aryl methyl sites for hydroxylation is 3. The van der Waals surface area contributed by atoms with Crippen LogP contribution in [0.15, 0.2) is 36.4 Å². The maximum atomic E-state index is 12.4. The molecule has 140 valence electrons. The predicted octanol–water partition coefficient (Wildman–Crippen LogP) is 3.96. The van der Waals surface area contributed by atoms with Gasteiger partial charge in [-0.25, -0.2) is 4.98 Å². The summed E-state index contributed by atoms with van der Waals surface area (Å²) in [4.78, 5) is 16.9. The molecule has 1 amide bonds. The molecule has 0 aliphatic rings. The van der Waals surface area contributed by atoms with E-state index in [1.54, 1.807) is 18.2 Å². The summed E-state index contributed by atoms with van der Waals surface area (Å²) >= 11 is 11.3. The zero-order valence-electron chi connectivity index (χ0n) is 15.3. The number of rotatable bonds is 3. The first kappa shape index (κ1) is 19.1. The van der Waals surface area contributed by atoms with Gasteiger partial charge in [-0.2, -0.15) is 0 Å². The topological polar surface area (TPSA) is 71.0 Å². The second kappa shape index (κ2) is 7.94. The number of aromatic nitrogens is 2. The quantitative estimate of drug-likeness (QED) is 0.457. The number of hydrazine groups is 1. The van der Waals surface area contributed by atoms with Crippen LogP contribution in [0.4, 0.5) is 5.69 Å². The Labute approximate surface area is 167 Å². The lowest BCUT2D eigenvalue weighted by Gasteiger charge is -2.12. The molecule has 2 aromatic carbocycles. The lowest BCUT2D eigenvalue weighted by Crippen LogP contribution is -2.43. The Kier molecular flexibility index (Phi) is 5.62. The number of amides is 1. The number of thiocarbonyl (C=S) groups is 1. The van der Waals surface area contributed by atoms with Gasteiger partial charge in [0.2, 0.25) is 0 Å². The fraction of sp³-hybridized carbons (Fsp3) is 0.211. The SMILES string of the molecule is CCn1c(C)nc2cc(C(=O)NNC(=S)Nc3ccc(C)c(Cl)c3)ccc21. The van der Waals surface area contributed by atoms with Gasteiger partial charge in [0.25, 0.3) is 5.91 Å². The van der Waals surface area contributed by atoms with Gasteiger partial charge >= 0.3 is 0 Å². The summed E-state index contributed by atoms with van der Waals surface area (Å²) < 4.78 is 2.10. The number of carbonyl (C=O) groups is 1. The van der Waals surface area contributed by atoms with E-state index in [1.807, 2.05) is 32.0 Å². The first-order chi connectivity index (χ1) is 12.9. The third-order valence-electron chi connectivity index (χ3n) is 4.24. The number of nitrogens with one attached hydrogen (secondary N) is 3. The van der Waals surface area contributed by atoms with Gasteiger partial charge in [-0.1, -0.05) is 17.7 Å². The number of nitrogens with zero attached hydrogens (tertiary/aromatic N) is 2. The molecule has 0 spiro atoms. The summed E-state index contributed by atoms with van der Waals surface area (Å²) in [7, 11) is 0. The Morgan fingerprint density at radius 2 is 1.96 bits per heavy atom. The molecule has 3 rings (SSSR count). The minimum Gasteiger partial charge on any atom is -0.331 e. The van der Waals surface area contributed by atoms with Crippen LogP contribution in [-0.2, 0) is 6.54 Å². The van der Waals surface area contributed by atoms with E-state index in [4.69, 9.17) is 23.8 Å². The Hall–Kier alpha value is -2.64. The van der Waals surface area contributed by atoms with Crippen LogP contribution < -0.4 is 16.2 Å². The van der Waals surface area contributed by atoms with Crippen molar-refractivity contribution in [1.29, 1.82) is 0 Å². The standard InChI is InChI=1S/C19H20ClN5OS/c1-4-25-12(3)21-16-9-13(6-8-17(16)25)18(26)23-24-19(27)22-14-7-5-11(2)15(20)10-14/h5-10H,4H2,1-3H3,(H,23,26)(H2,22,24,27). The number of imidazole rings is 1. The van der Waals surface area contributed by atoms with Gasteiger partial charge < -0.3 is 9.88 Å². The number of anilines is 1. The van der Waals surface area contributed by atoms with E-state index < -0.39 is 0 Å². The third-order valence-corrected chi connectivity index (χ3v) is 4.85. The van der Waals surface area contributed by atoms with Crippen LogP contribution in [-0.4, -0.2) is 20.6 Å². The number of fused-ring (bicyclic) bond motifs is 1. The van der Waals surface area contributed by atoms with E-state index in [2.05, 4.69) is 32.6 Å². The molecular weight excluding hydrogens is 382 g/mol. The molecule has 0 aliphatic carbocycles. The largest absolute Gasteiger partial charge is 0.331 e. The molecule has 0 radical (unpaired) electrons. The number of benzene rings is 2. The van der Waals surface area contributed by atoms with Crippen molar-refractivity contribution in [3.63, 3.8) is 0 Å². The molecule has 0 unspecified atom stereocenters. The molecule has 0 aliphatic heterocycles. The van der Waals surface area contributed by atoms with Crippen molar-refractivity contribution in [3.05, 3.63) is 58.4 Å². The molecule has 0 saturated carbocycles. The van der Waals surface area contributed by atoms with Gasteiger partial charge in [-0.3, -0.25) is 15.6 Å². The number of halogens is 1. The smallest absolute Gasteiger partial charge is 0.269 e. The zero-order chi connectivity index (χ0) is 19.6. The van der Waals surface area contributed by atoms with E-state index in [0.29, 0.717) is 10.6 Å². The van der Waals surface area contributed by atoms with E-state index >= 15 is 0 Å². The van der Waals surface area contributed by atoms with Crippen molar-refractivity contribution in [1.82, 2.24) is 20.4 Å². The van der Waals surface area contributed by atoms with Crippen LogP contribution in [0.2, 0.25) is 5.02 Å². The van der Waals surface area contributed by atoms with Gasteiger partial charge in [0, 0.05) is 22.8 Å². The third kappa shape index (κ3) is 4.20. The Balaban J connectivity index is 1.64. The number of carbonyl (C=O) groups excluding carboxylic acids is 1. The molecule has 3 N–H and O–H groups in total. The van der Waals surface area contributed by atoms with Crippen LogP contribution in [0, 0.1) is 13.8 Å². The highest BCUT2D eigenvalue weighted by molar-refractivity contribution is 7.80. The maximum absolute atomic E-state index is 12.4. The summed E-state index contributed by atoms with van der Waals surface area (Å²) in [6.45, 7) is 6.77. The van der Waals surface area contributed by atoms with E-state index in [9.17, 15) is 4.79 Å². The minimum absolute atomic E-state index is 0.260. The summed E-state index contributed by atoms with van der Waals surface area (Å²) in [5, 5.41) is 3.87. The van der Waals surface area contributed by atoms with E-state index in [1.165, 1.54) is 0 Å². The van der Waals surface area contributed by atoms with E-state index in [0.717, 1.165) is 34.7 Å². The summed E-state index contributed by atoms with van der Waals surface area (Å²) in [6.07, 6.45) is 0. The minimum atomic E-state index is -0.299. The molecule has 0 bridgehead atoms. The lowest BCUT2D eigenvalue weighted by molar-refractivity contribution is 0.0944. The first-order valence-electron chi connectivity index (χ1n) is 8.49. The summed E-state index contributed by atoms with van der Waals surface area (Å²) in [5.41, 5.74) is 9.28. The molecule has 3 aromatic rings. The molecule has 0 saturated heterocycles. The second-order valence-electron chi connectivity index (χ2n) is 6.10. The Bertz CT molecular complexity index is 1030. The van der Waals surface area contributed by atoms with Crippen molar-refractivity contribution in [3.8, 4) is 0 Å². The van der Waals surface area contributed by atoms with Crippen molar-refractivity contribution >= 4 is 51.6 Å². The fourth-order valence-electron chi connectivity index (χ4n) is 2.81. The first-order valence-corrected chi connectivity index (χ1v) is 9.28. The van der Waals surface area contributed by atoms with Gasteiger partial charge in [0.05, 0.1) is 11.0 Å². The molecule has 6 nitrogen and oxygen atoms in total. The Morgan fingerprint density at radius 3 is 2.67 bits per heavy atom. The Morgan fingerprint density at radius 1 is 1.19 bits per heavy atom. The number of hydrogen-bond donors (Lipinski definition) is 3. The maximum Gasteiger partial charge on any atom is 0.269 e. The average molecular weight is 402 g/mol. The molecule has 0 atom stereocenters. The molecular formula is C19H20ClN5OS. The molecule has 1 aromatic heterocycles. The highest BCUT2D eigenvalue weighted by Gasteiger charge is 2.11. The van der Waals surface area contributed by atoms with Crippen molar-refractivity contribution < 1.29 is 4.79 Å². The van der Waals surface area contributed by atoms with Crippen molar-refractivity contribution in [2.45, 2.75) is 27.3 Å². The van der Waals surface area contributed by atoms with Crippen LogP contribution in [0.1, 0.15) is 28.7 Å². The normalized spacial score (nSPS) is 10.7. The molecule has 27 heavy (non-hydrogen) atoms. The summed E-state index contributed by atoms with van der Waals surface area (Å²) in [6, 6.07) is 11.0. The predicted molar refractivity (Wildman–Crippen MR) is 113 cm³/mol. The van der Waals surface area contributed by atoms with Crippen LogP contribution in [0.3, 0.4) is 0 Å². The molecule has 8 heteroatoms. The monoisotopic (exact) mass is 401 g/mol.